The molecule has 2 aromatic carbocycles. The lowest BCUT2D eigenvalue weighted by molar-refractivity contribution is -0.121. The molecule has 0 saturated heterocycles. The van der Waals surface area contributed by atoms with Crippen LogP contribution in [0.25, 0.3) is 0 Å². The number of fused-ring (bicyclic) bond motifs is 1. The SMILES string of the molecule is Cc1ccc(C(=O)CCC(=O)NCC(C)(C)N2CCc3ccccc3C2)cc1. The fraction of sp³-hybridized carbons (Fsp3) is 0.417. The Hall–Kier alpha value is -2.46. The monoisotopic (exact) mass is 378 g/mol. The minimum absolute atomic E-state index is 0.0158. The molecule has 0 radical (unpaired) electrons. The zero-order chi connectivity index (χ0) is 20.1. The lowest BCUT2D eigenvalue weighted by Gasteiger charge is -2.41. The number of nitrogens with one attached hydrogen (secondary N) is 1. The first-order valence-electron chi connectivity index (χ1n) is 10.0. The van der Waals surface area contributed by atoms with Crippen LogP contribution >= 0.6 is 0 Å². The van der Waals surface area contributed by atoms with Crippen molar-refractivity contribution < 1.29 is 9.59 Å². The smallest absolute Gasteiger partial charge is 0.220 e. The van der Waals surface area contributed by atoms with E-state index < -0.39 is 0 Å². The summed E-state index contributed by atoms with van der Waals surface area (Å²) >= 11 is 0. The van der Waals surface area contributed by atoms with Gasteiger partial charge in [0.25, 0.3) is 0 Å². The second-order valence-corrected chi connectivity index (χ2v) is 8.32. The standard InChI is InChI=1S/C24H30N2O2/c1-18-8-10-20(11-9-18)22(27)12-13-23(28)25-17-24(2,3)26-15-14-19-6-4-5-7-21(19)16-26/h4-11H,12-17H2,1-3H3,(H,25,28). The van der Waals surface area contributed by atoms with Crippen molar-refractivity contribution in [3.8, 4) is 0 Å². The molecule has 0 fully saturated rings. The zero-order valence-electron chi connectivity index (χ0n) is 17.1. The maximum Gasteiger partial charge on any atom is 0.220 e. The van der Waals surface area contributed by atoms with Gasteiger partial charge in [0.15, 0.2) is 5.78 Å². The van der Waals surface area contributed by atoms with Crippen LogP contribution in [0.3, 0.4) is 0 Å². The highest BCUT2D eigenvalue weighted by atomic mass is 16.2. The average molecular weight is 379 g/mol. The predicted octanol–water partition coefficient (Wildman–Crippen LogP) is 3.91. The summed E-state index contributed by atoms with van der Waals surface area (Å²) in [5.74, 6) is -0.0482. The third-order valence-corrected chi connectivity index (χ3v) is 5.66. The molecular weight excluding hydrogens is 348 g/mol. The third kappa shape index (κ3) is 5.08. The minimum Gasteiger partial charge on any atom is -0.354 e. The number of carbonyl (C=O) groups excluding carboxylic acids is 2. The molecule has 4 nitrogen and oxygen atoms in total. The average Bonchev–Trinajstić information content (AvgIpc) is 2.70. The van der Waals surface area contributed by atoms with E-state index in [4.69, 9.17) is 0 Å². The minimum atomic E-state index is -0.135. The number of aryl methyl sites for hydroxylation is 1. The molecule has 1 aliphatic heterocycles. The molecule has 0 spiro atoms. The molecule has 0 aromatic heterocycles. The first-order chi connectivity index (χ1) is 13.3. The first kappa shape index (κ1) is 20.3. The molecule has 0 saturated carbocycles. The normalized spacial score (nSPS) is 14.4. The lowest BCUT2D eigenvalue weighted by atomic mass is 9.94. The van der Waals surface area contributed by atoms with Gasteiger partial charge < -0.3 is 5.32 Å². The molecule has 1 N–H and O–H groups in total. The van der Waals surface area contributed by atoms with Crippen LogP contribution in [0.4, 0.5) is 0 Å². The van der Waals surface area contributed by atoms with Gasteiger partial charge >= 0.3 is 0 Å². The number of rotatable bonds is 7. The van der Waals surface area contributed by atoms with Gasteiger partial charge in [-0.3, -0.25) is 14.5 Å². The molecular formula is C24H30N2O2. The Morgan fingerprint density at radius 3 is 2.39 bits per heavy atom. The summed E-state index contributed by atoms with van der Waals surface area (Å²) in [6.07, 6.45) is 1.51. The molecule has 28 heavy (non-hydrogen) atoms. The van der Waals surface area contributed by atoms with Gasteiger partial charge in [0.2, 0.25) is 5.91 Å². The molecule has 0 atom stereocenters. The van der Waals surface area contributed by atoms with Crippen LogP contribution in [-0.2, 0) is 17.8 Å². The molecule has 1 amide bonds. The number of Topliss-reactive ketones (excluding diaryl/α,β-unsaturated/α-hetero) is 1. The van der Waals surface area contributed by atoms with Gasteiger partial charge in [0, 0.05) is 43.6 Å². The largest absolute Gasteiger partial charge is 0.354 e. The van der Waals surface area contributed by atoms with Gasteiger partial charge in [0.05, 0.1) is 0 Å². The molecule has 3 rings (SSSR count). The van der Waals surface area contributed by atoms with Crippen molar-refractivity contribution in [1.82, 2.24) is 10.2 Å². The van der Waals surface area contributed by atoms with Gasteiger partial charge in [0.1, 0.15) is 0 Å². The van der Waals surface area contributed by atoms with E-state index in [9.17, 15) is 9.59 Å². The Kier molecular flexibility index (Phi) is 6.30. The summed E-state index contributed by atoms with van der Waals surface area (Å²) in [5.41, 5.74) is 4.46. The van der Waals surface area contributed by atoms with E-state index in [0.29, 0.717) is 12.1 Å². The molecule has 4 heteroatoms. The number of amides is 1. The van der Waals surface area contributed by atoms with Gasteiger partial charge in [-0.25, -0.2) is 0 Å². The van der Waals surface area contributed by atoms with Crippen molar-refractivity contribution in [3.05, 3.63) is 70.8 Å². The van der Waals surface area contributed by atoms with E-state index in [0.717, 1.165) is 25.1 Å². The fourth-order valence-electron chi connectivity index (χ4n) is 3.64. The van der Waals surface area contributed by atoms with Gasteiger partial charge in [-0.1, -0.05) is 54.1 Å². The second-order valence-electron chi connectivity index (χ2n) is 8.32. The number of benzene rings is 2. The Balaban J connectivity index is 1.47. The molecule has 0 bridgehead atoms. The van der Waals surface area contributed by atoms with Gasteiger partial charge in [-0.05, 0) is 38.3 Å². The van der Waals surface area contributed by atoms with E-state index in [2.05, 4.69) is 48.3 Å². The van der Waals surface area contributed by atoms with Crippen molar-refractivity contribution in [2.45, 2.75) is 52.1 Å². The van der Waals surface area contributed by atoms with E-state index >= 15 is 0 Å². The molecule has 0 aliphatic carbocycles. The van der Waals surface area contributed by atoms with Crippen LogP contribution < -0.4 is 5.32 Å². The molecule has 0 unspecified atom stereocenters. The molecule has 2 aromatic rings. The van der Waals surface area contributed by atoms with Crippen LogP contribution in [0.2, 0.25) is 0 Å². The van der Waals surface area contributed by atoms with Gasteiger partial charge in [-0.2, -0.15) is 0 Å². The summed E-state index contributed by atoms with van der Waals surface area (Å²) in [6, 6.07) is 16.1. The van der Waals surface area contributed by atoms with Crippen molar-refractivity contribution in [2.24, 2.45) is 0 Å². The fourth-order valence-corrected chi connectivity index (χ4v) is 3.64. The first-order valence-corrected chi connectivity index (χ1v) is 10.0. The Bertz CT molecular complexity index is 840. The molecule has 1 aliphatic rings. The number of carbonyl (C=O) groups is 2. The number of nitrogens with zero attached hydrogens (tertiary/aromatic N) is 1. The zero-order valence-corrected chi connectivity index (χ0v) is 17.1. The van der Waals surface area contributed by atoms with Crippen LogP contribution in [0.5, 0.6) is 0 Å². The van der Waals surface area contributed by atoms with Crippen molar-refractivity contribution in [3.63, 3.8) is 0 Å². The summed E-state index contributed by atoms with van der Waals surface area (Å²) in [5, 5.41) is 3.03. The van der Waals surface area contributed by atoms with E-state index in [1.54, 1.807) is 0 Å². The number of ketones is 1. The maximum absolute atomic E-state index is 12.3. The Morgan fingerprint density at radius 1 is 1.00 bits per heavy atom. The summed E-state index contributed by atoms with van der Waals surface area (Å²) < 4.78 is 0. The molecule has 1 heterocycles. The Labute approximate surface area is 167 Å². The predicted molar refractivity (Wildman–Crippen MR) is 112 cm³/mol. The Morgan fingerprint density at radius 2 is 1.68 bits per heavy atom. The molecule has 148 valence electrons. The van der Waals surface area contributed by atoms with Crippen LogP contribution in [0, 0.1) is 6.92 Å². The van der Waals surface area contributed by atoms with Crippen LogP contribution in [0.15, 0.2) is 48.5 Å². The summed E-state index contributed by atoms with van der Waals surface area (Å²) in [7, 11) is 0. The lowest BCUT2D eigenvalue weighted by Crippen LogP contribution is -2.53. The van der Waals surface area contributed by atoms with Crippen molar-refractivity contribution in [1.29, 1.82) is 0 Å². The quantitative estimate of drug-likeness (QED) is 0.743. The summed E-state index contributed by atoms with van der Waals surface area (Å²) in [4.78, 5) is 26.9. The summed E-state index contributed by atoms with van der Waals surface area (Å²) in [6.45, 7) is 8.80. The number of hydrogen-bond donors (Lipinski definition) is 1. The van der Waals surface area contributed by atoms with Crippen LogP contribution in [-0.4, -0.2) is 35.2 Å². The van der Waals surface area contributed by atoms with Crippen LogP contribution in [0.1, 0.15) is 53.7 Å². The van der Waals surface area contributed by atoms with E-state index in [-0.39, 0.29) is 30.1 Å². The van der Waals surface area contributed by atoms with Gasteiger partial charge in [-0.15, -0.1) is 0 Å². The number of hydrogen-bond acceptors (Lipinski definition) is 3. The third-order valence-electron chi connectivity index (χ3n) is 5.66. The topological polar surface area (TPSA) is 49.4 Å². The van der Waals surface area contributed by atoms with E-state index in [1.165, 1.54) is 11.1 Å². The van der Waals surface area contributed by atoms with Crippen molar-refractivity contribution >= 4 is 11.7 Å². The highest BCUT2D eigenvalue weighted by Crippen LogP contribution is 2.25. The highest BCUT2D eigenvalue weighted by Gasteiger charge is 2.30. The van der Waals surface area contributed by atoms with Crippen molar-refractivity contribution in [2.75, 3.05) is 13.1 Å². The highest BCUT2D eigenvalue weighted by molar-refractivity contribution is 5.97. The van der Waals surface area contributed by atoms with E-state index in [1.807, 2.05) is 31.2 Å². The second kappa shape index (κ2) is 8.70. The maximum atomic E-state index is 12.3.